The number of nitroso groups, excluding NO2 is 1. The summed E-state index contributed by atoms with van der Waals surface area (Å²) in [4.78, 5) is 37.4. The molecule has 7 nitrogen and oxygen atoms in total. The lowest BCUT2D eigenvalue weighted by atomic mass is 9.99. The van der Waals surface area contributed by atoms with Gasteiger partial charge in [-0.3, -0.25) is 9.59 Å². The predicted octanol–water partition coefficient (Wildman–Crippen LogP) is 3.66. The lowest BCUT2D eigenvalue weighted by Crippen LogP contribution is -2.46. The molecule has 1 atom stereocenters. The Morgan fingerprint density at radius 2 is 1.48 bits per heavy atom. The van der Waals surface area contributed by atoms with E-state index >= 15 is 0 Å². The Labute approximate surface area is 192 Å². The number of carbonyl (C=O) groups is 2. The van der Waals surface area contributed by atoms with Crippen LogP contribution in [0.25, 0.3) is 11.1 Å². The molecule has 3 aromatic rings. The van der Waals surface area contributed by atoms with Crippen molar-refractivity contribution in [2.75, 3.05) is 36.0 Å². The summed E-state index contributed by atoms with van der Waals surface area (Å²) >= 11 is 0. The lowest BCUT2D eigenvalue weighted by molar-refractivity contribution is -0.119. The minimum Gasteiger partial charge on any atom is -0.368 e. The van der Waals surface area contributed by atoms with Crippen molar-refractivity contribution in [2.24, 2.45) is 10.9 Å². The van der Waals surface area contributed by atoms with Gasteiger partial charge in [-0.2, -0.15) is 0 Å². The number of nitrogens with two attached hydrogens (primary N) is 1. The summed E-state index contributed by atoms with van der Waals surface area (Å²) < 4.78 is 0. The molecule has 1 aliphatic heterocycles. The zero-order valence-corrected chi connectivity index (χ0v) is 18.3. The van der Waals surface area contributed by atoms with Crippen LogP contribution in [0.15, 0.2) is 78.0 Å². The van der Waals surface area contributed by atoms with Gasteiger partial charge in [0.1, 0.15) is 6.29 Å². The second-order valence-corrected chi connectivity index (χ2v) is 8.17. The summed E-state index contributed by atoms with van der Waals surface area (Å²) in [6.45, 7) is 3.59. The molecule has 168 valence electrons. The molecule has 2 N–H and O–H groups in total. The zero-order chi connectivity index (χ0) is 23.2. The van der Waals surface area contributed by atoms with Crippen molar-refractivity contribution in [3.05, 3.63) is 88.8 Å². The number of nitrogens with zero attached hydrogens (tertiary/aromatic N) is 3. The maximum atomic E-state index is 11.4. The van der Waals surface area contributed by atoms with E-state index in [0.29, 0.717) is 5.56 Å². The molecule has 7 heteroatoms. The summed E-state index contributed by atoms with van der Waals surface area (Å²) in [5.74, 6) is -0.832. The van der Waals surface area contributed by atoms with Gasteiger partial charge in [-0.15, -0.1) is 4.91 Å². The highest BCUT2D eigenvalue weighted by atomic mass is 16.3. The Hall–Kier alpha value is -3.84. The molecule has 4 rings (SSSR count). The number of piperazine rings is 1. The van der Waals surface area contributed by atoms with Gasteiger partial charge in [-0.1, -0.05) is 36.4 Å². The van der Waals surface area contributed by atoms with Crippen molar-refractivity contribution < 1.29 is 9.59 Å². The SMILES string of the molecule is NC(Cc1cccc(-c2cccc(N3CCN(c4ccc(C=O)cc4)CC3)c2)c1)C(=O)N=O. The molecule has 0 aliphatic carbocycles. The standard InChI is InChI=1S/C26H26N4O3/c27-25(26(32)28-33)16-20-3-1-4-21(15-20)22-5-2-6-24(17-22)30-13-11-29(12-14-30)23-9-7-19(18-31)8-10-23/h1-10,15,17-18,25H,11-14,16,27H2. The maximum Gasteiger partial charge on any atom is 0.303 e. The summed E-state index contributed by atoms with van der Waals surface area (Å²) in [5.41, 5.74) is 11.7. The van der Waals surface area contributed by atoms with Gasteiger partial charge in [0.2, 0.25) is 0 Å². The van der Waals surface area contributed by atoms with Gasteiger partial charge in [-0.25, -0.2) is 0 Å². The van der Waals surface area contributed by atoms with Gasteiger partial charge in [0.15, 0.2) is 0 Å². The van der Waals surface area contributed by atoms with Crippen LogP contribution < -0.4 is 15.5 Å². The molecule has 0 radical (unpaired) electrons. The van der Waals surface area contributed by atoms with Crippen LogP contribution in [-0.2, 0) is 11.2 Å². The summed E-state index contributed by atoms with van der Waals surface area (Å²) in [7, 11) is 0. The fraction of sp³-hybridized carbons (Fsp3) is 0.231. The third-order valence-electron chi connectivity index (χ3n) is 6.01. The van der Waals surface area contributed by atoms with E-state index in [1.807, 2.05) is 54.6 Å². The molecule has 1 amide bonds. The second-order valence-electron chi connectivity index (χ2n) is 8.17. The van der Waals surface area contributed by atoms with Crippen LogP contribution in [0.3, 0.4) is 0 Å². The lowest BCUT2D eigenvalue weighted by Gasteiger charge is -2.37. The topological polar surface area (TPSA) is 96.1 Å². The molecule has 1 saturated heterocycles. The first-order chi connectivity index (χ1) is 16.1. The van der Waals surface area contributed by atoms with Crippen molar-refractivity contribution in [1.82, 2.24) is 0 Å². The fourth-order valence-corrected chi connectivity index (χ4v) is 4.16. The largest absolute Gasteiger partial charge is 0.368 e. The third-order valence-corrected chi connectivity index (χ3v) is 6.01. The van der Waals surface area contributed by atoms with E-state index in [0.717, 1.165) is 60.5 Å². The van der Waals surface area contributed by atoms with Gasteiger partial charge in [0.25, 0.3) is 0 Å². The molecular weight excluding hydrogens is 416 g/mol. The van der Waals surface area contributed by atoms with Crippen molar-refractivity contribution >= 4 is 23.6 Å². The van der Waals surface area contributed by atoms with E-state index in [1.54, 1.807) is 0 Å². The van der Waals surface area contributed by atoms with Crippen molar-refractivity contribution in [1.29, 1.82) is 0 Å². The number of benzene rings is 3. The number of anilines is 2. The molecule has 1 fully saturated rings. The molecule has 1 heterocycles. The van der Waals surface area contributed by atoms with Gasteiger partial charge in [0.05, 0.1) is 6.04 Å². The molecular formula is C26H26N4O3. The predicted molar refractivity (Wildman–Crippen MR) is 131 cm³/mol. The van der Waals surface area contributed by atoms with Crippen LogP contribution in [0.1, 0.15) is 15.9 Å². The number of rotatable bonds is 7. The van der Waals surface area contributed by atoms with Gasteiger partial charge in [0, 0.05) is 48.3 Å². The molecule has 1 unspecified atom stereocenters. The molecule has 0 bridgehead atoms. The summed E-state index contributed by atoms with van der Waals surface area (Å²) in [6.07, 6.45) is 1.13. The van der Waals surface area contributed by atoms with Crippen molar-refractivity contribution in [3.8, 4) is 11.1 Å². The number of carbonyl (C=O) groups excluding carboxylic acids is 2. The van der Waals surface area contributed by atoms with E-state index in [1.165, 1.54) is 0 Å². The fourth-order valence-electron chi connectivity index (χ4n) is 4.16. The minimum atomic E-state index is -0.921. The van der Waals surface area contributed by atoms with Gasteiger partial charge in [-0.05, 0) is 59.5 Å². The smallest absolute Gasteiger partial charge is 0.303 e. The highest BCUT2D eigenvalue weighted by Gasteiger charge is 2.18. The van der Waals surface area contributed by atoms with Crippen LogP contribution in [0.2, 0.25) is 0 Å². The minimum absolute atomic E-state index is 0.272. The number of amides is 1. The Balaban J connectivity index is 1.44. The summed E-state index contributed by atoms with van der Waals surface area (Å²) in [6, 6.07) is 23.0. The molecule has 0 saturated carbocycles. The number of hydrogen-bond donors (Lipinski definition) is 1. The molecule has 0 aromatic heterocycles. The van der Waals surface area contributed by atoms with Crippen LogP contribution in [0.5, 0.6) is 0 Å². The molecule has 3 aromatic carbocycles. The third kappa shape index (κ3) is 5.32. The van der Waals surface area contributed by atoms with E-state index in [2.05, 4.69) is 33.2 Å². The Bertz CT molecular complexity index is 1140. The highest BCUT2D eigenvalue weighted by molar-refractivity contribution is 5.82. The first-order valence-electron chi connectivity index (χ1n) is 10.9. The van der Waals surface area contributed by atoms with Crippen LogP contribution in [0, 0.1) is 4.91 Å². The van der Waals surface area contributed by atoms with E-state index in [9.17, 15) is 14.5 Å². The van der Waals surface area contributed by atoms with E-state index < -0.39 is 11.9 Å². The monoisotopic (exact) mass is 442 g/mol. The molecule has 0 spiro atoms. The second kappa shape index (κ2) is 10.2. The Morgan fingerprint density at radius 1 is 0.879 bits per heavy atom. The number of hydrogen-bond acceptors (Lipinski definition) is 6. The average Bonchev–Trinajstić information content (AvgIpc) is 2.88. The van der Waals surface area contributed by atoms with Crippen LogP contribution >= 0.6 is 0 Å². The van der Waals surface area contributed by atoms with Crippen LogP contribution in [0.4, 0.5) is 11.4 Å². The quantitative estimate of drug-likeness (QED) is 0.443. The zero-order valence-electron chi connectivity index (χ0n) is 18.3. The first kappa shape index (κ1) is 22.4. The molecule has 1 aliphatic rings. The van der Waals surface area contributed by atoms with E-state index in [4.69, 9.17) is 5.73 Å². The van der Waals surface area contributed by atoms with Crippen molar-refractivity contribution in [3.63, 3.8) is 0 Å². The van der Waals surface area contributed by atoms with E-state index in [-0.39, 0.29) is 6.42 Å². The highest BCUT2D eigenvalue weighted by Crippen LogP contribution is 2.27. The first-order valence-corrected chi connectivity index (χ1v) is 10.9. The Morgan fingerprint density at radius 3 is 2.12 bits per heavy atom. The summed E-state index contributed by atoms with van der Waals surface area (Å²) in [5, 5.41) is 2.42. The number of aldehydes is 1. The Kier molecular flexibility index (Phi) is 6.90. The van der Waals surface area contributed by atoms with Gasteiger partial charge >= 0.3 is 5.91 Å². The average molecular weight is 443 g/mol. The van der Waals surface area contributed by atoms with Gasteiger partial charge < -0.3 is 15.5 Å². The van der Waals surface area contributed by atoms with Crippen molar-refractivity contribution in [2.45, 2.75) is 12.5 Å². The van der Waals surface area contributed by atoms with Crippen LogP contribution in [-0.4, -0.2) is 44.4 Å². The molecule has 33 heavy (non-hydrogen) atoms. The normalized spacial score (nSPS) is 14.6. The maximum absolute atomic E-state index is 11.4.